The van der Waals surface area contributed by atoms with Crippen LogP contribution in [0.3, 0.4) is 0 Å². The lowest BCUT2D eigenvalue weighted by atomic mass is 9.68. The molecule has 9 heteroatoms. The van der Waals surface area contributed by atoms with E-state index in [9.17, 15) is 29.0 Å². The molecule has 0 unspecified atom stereocenters. The van der Waals surface area contributed by atoms with Gasteiger partial charge in [-0.2, -0.15) is 0 Å². The number of ketones is 2. The Kier molecular flexibility index (Phi) is 8.37. The minimum atomic E-state index is -0.875. The number of carbonyl (C=O) groups is 3. The number of phenolic OH excluding ortho intramolecular Hbond substituents is 2. The van der Waals surface area contributed by atoms with E-state index in [1.165, 1.54) is 30.3 Å². The standard InChI is InChI=1S/C31H34FN3O5/c1-5-35(3,4)31(40)33-34-17-25(29(38)20-9-6-11-22(36)15-20)28(24-13-8-14-27(32)19(24)2)26(18-34)30(39)21-10-7-12-23(37)16-21/h6-16,25-26,28H,5,17-18H2,1-4H3,(H2-,33,36,37,40)/p+1/t25-,26-/m0/s1. The normalized spacial score (nSPS) is 18.3. The number of rotatable bonds is 7. The van der Waals surface area contributed by atoms with E-state index in [1.54, 1.807) is 62.4 Å². The molecule has 210 valence electrons. The Morgan fingerprint density at radius 2 is 1.40 bits per heavy atom. The summed E-state index contributed by atoms with van der Waals surface area (Å²) in [5.41, 5.74) is 4.23. The average Bonchev–Trinajstić information content (AvgIpc) is 2.93. The van der Waals surface area contributed by atoms with Crippen LogP contribution in [0.25, 0.3) is 0 Å². The molecule has 1 aliphatic rings. The molecule has 1 saturated heterocycles. The van der Waals surface area contributed by atoms with E-state index in [-0.39, 0.29) is 57.8 Å². The van der Waals surface area contributed by atoms with Crippen LogP contribution < -0.4 is 5.43 Å². The molecule has 8 nitrogen and oxygen atoms in total. The Morgan fingerprint density at radius 1 is 0.900 bits per heavy atom. The van der Waals surface area contributed by atoms with Gasteiger partial charge in [-0.3, -0.25) is 9.59 Å². The lowest BCUT2D eigenvalue weighted by molar-refractivity contribution is -0.807. The number of hydrazine groups is 1. The van der Waals surface area contributed by atoms with Gasteiger partial charge in [0, 0.05) is 42.0 Å². The molecule has 0 spiro atoms. The molecule has 0 saturated carbocycles. The van der Waals surface area contributed by atoms with E-state index >= 15 is 0 Å². The molecule has 40 heavy (non-hydrogen) atoms. The topological polar surface area (TPSA) is 107 Å². The number of nitrogens with one attached hydrogen (secondary N) is 1. The number of aromatic hydroxyl groups is 2. The Morgan fingerprint density at radius 3 is 1.88 bits per heavy atom. The first-order valence-electron chi connectivity index (χ1n) is 13.2. The highest BCUT2D eigenvalue weighted by atomic mass is 19.1. The van der Waals surface area contributed by atoms with Gasteiger partial charge in [0.1, 0.15) is 17.3 Å². The fourth-order valence-corrected chi connectivity index (χ4v) is 5.22. The van der Waals surface area contributed by atoms with Gasteiger partial charge in [-0.1, -0.05) is 36.4 Å². The van der Waals surface area contributed by atoms with Gasteiger partial charge in [0.15, 0.2) is 11.6 Å². The summed E-state index contributed by atoms with van der Waals surface area (Å²) in [6, 6.07) is 16.2. The van der Waals surface area contributed by atoms with Gasteiger partial charge in [-0.25, -0.2) is 24.1 Å². The van der Waals surface area contributed by atoms with Gasteiger partial charge in [-0.05, 0) is 55.3 Å². The summed E-state index contributed by atoms with van der Waals surface area (Å²) in [4.78, 5) is 41.3. The van der Waals surface area contributed by atoms with Gasteiger partial charge in [-0.15, -0.1) is 0 Å². The zero-order valence-electron chi connectivity index (χ0n) is 23.1. The number of nitrogens with zero attached hydrogens (tertiary/aromatic N) is 2. The van der Waals surface area contributed by atoms with E-state index in [2.05, 4.69) is 5.43 Å². The number of hydrogen-bond acceptors (Lipinski definition) is 6. The average molecular weight is 549 g/mol. The maximum atomic E-state index is 14.9. The first kappa shape index (κ1) is 28.9. The third-order valence-corrected chi connectivity index (χ3v) is 7.90. The van der Waals surface area contributed by atoms with Gasteiger partial charge in [0.05, 0.1) is 20.6 Å². The number of amides is 2. The van der Waals surface area contributed by atoms with Crippen molar-refractivity contribution in [1.29, 1.82) is 0 Å². The van der Waals surface area contributed by atoms with Gasteiger partial charge < -0.3 is 10.2 Å². The van der Waals surface area contributed by atoms with Crippen molar-refractivity contribution in [3.63, 3.8) is 0 Å². The summed E-state index contributed by atoms with van der Waals surface area (Å²) in [5.74, 6) is -3.81. The molecule has 2 atom stereocenters. The van der Waals surface area contributed by atoms with Crippen LogP contribution in [0.1, 0.15) is 44.7 Å². The zero-order chi connectivity index (χ0) is 29.2. The molecular weight excluding hydrogens is 513 g/mol. The lowest BCUT2D eigenvalue weighted by Crippen LogP contribution is -2.61. The van der Waals surface area contributed by atoms with Crippen LogP contribution in [0.15, 0.2) is 66.7 Å². The van der Waals surface area contributed by atoms with Crippen molar-refractivity contribution in [2.45, 2.75) is 19.8 Å². The number of halogens is 1. The minimum Gasteiger partial charge on any atom is -0.508 e. The highest BCUT2D eigenvalue weighted by Crippen LogP contribution is 2.42. The van der Waals surface area contributed by atoms with Gasteiger partial charge >= 0.3 is 6.03 Å². The molecule has 0 aliphatic carbocycles. The summed E-state index contributed by atoms with van der Waals surface area (Å²) in [6.07, 6.45) is 0. The molecule has 4 rings (SSSR count). The van der Waals surface area contributed by atoms with Crippen molar-refractivity contribution >= 4 is 17.6 Å². The Labute approximate surface area is 233 Å². The lowest BCUT2D eigenvalue weighted by Gasteiger charge is -2.43. The van der Waals surface area contributed by atoms with Crippen molar-refractivity contribution < 1.29 is 33.5 Å². The molecule has 3 aromatic rings. The number of carbonyl (C=O) groups excluding carboxylic acids is 3. The number of benzene rings is 3. The maximum Gasteiger partial charge on any atom is 0.430 e. The molecule has 3 N–H and O–H groups in total. The van der Waals surface area contributed by atoms with Crippen LogP contribution in [-0.2, 0) is 0 Å². The maximum absolute atomic E-state index is 14.9. The third-order valence-electron chi connectivity index (χ3n) is 7.90. The Bertz CT molecular complexity index is 1370. The zero-order valence-corrected chi connectivity index (χ0v) is 23.1. The minimum absolute atomic E-state index is 0.0271. The van der Waals surface area contributed by atoms with Crippen molar-refractivity contribution in [3.8, 4) is 11.5 Å². The van der Waals surface area contributed by atoms with Crippen molar-refractivity contribution in [2.75, 3.05) is 33.7 Å². The molecule has 2 amide bonds. The second kappa shape index (κ2) is 11.6. The van der Waals surface area contributed by atoms with Crippen LogP contribution in [0.2, 0.25) is 0 Å². The monoisotopic (exact) mass is 548 g/mol. The third kappa shape index (κ3) is 5.90. The fraction of sp³-hybridized carbons (Fsp3) is 0.323. The summed E-state index contributed by atoms with van der Waals surface area (Å²) in [7, 11) is 3.51. The number of piperidine rings is 1. The fourth-order valence-electron chi connectivity index (χ4n) is 5.22. The number of urea groups is 1. The van der Waals surface area contributed by atoms with E-state index in [1.807, 2.05) is 6.92 Å². The molecule has 1 heterocycles. The van der Waals surface area contributed by atoms with Crippen LogP contribution >= 0.6 is 0 Å². The highest BCUT2D eigenvalue weighted by molar-refractivity contribution is 6.02. The first-order chi connectivity index (χ1) is 18.9. The Balaban J connectivity index is 1.87. The number of hydrogen-bond donors (Lipinski definition) is 3. The Hall–Kier alpha value is -4.08. The molecule has 1 aliphatic heterocycles. The summed E-state index contributed by atoms with van der Waals surface area (Å²) in [5, 5.41) is 21.7. The quantitative estimate of drug-likeness (QED) is 0.293. The molecule has 0 radical (unpaired) electrons. The smallest absolute Gasteiger partial charge is 0.430 e. The van der Waals surface area contributed by atoms with Crippen LogP contribution in [0.4, 0.5) is 9.18 Å². The summed E-state index contributed by atoms with van der Waals surface area (Å²) < 4.78 is 14.9. The highest BCUT2D eigenvalue weighted by Gasteiger charge is 2.46. The molecule has 0 bridgehead atoms. The summed E-state index contributed by atoms with van der Waals surface area (Å²) >= 11 is 0. The predicted octanol–water partition coefficient (Wildman–Crippen LogP) is 4.66. The van der Waals surface area contributed by atoms with Gasteiger partial charge in [0.2, 0.25) is 0 Å². The van der Waals surface area contributed by atoms with E-state index in [0.29, 0.717) is 17.7 Å². The number of phenols is 2. The van der Waals surface area contributed by atoms with Crippen molar-refractivity contribution in [3.05, 3.63) is 94.8 Å². The molecule has 1 fully saturated rings. The largest absolute Gasteiger partial charge is 0.508 e. The van der Waals surface area contributed by atoms with E-state index in [0.717, 1.165) is 0 Å². The van der Waals surface area contributed by atoms with E-state index in [4.69, 9.17) is 0 Å². The second-order valence-corrected chi connectivity index (χ2v) is 10.8. The van der Waals surface area contributed by atoms with Crippen molar-refractivity contribution in [1.82, 2.24) is 10.4 Å². The van der Waals surface area contributed by atoms with Gasteiger partial charge in [0.25, 0.3) is 0 Å². The number of Topliss-reactive ketones (excluding diaryl/α,β-unsaturated/α-hetero) is 2. The molecule has 0 aromatic heterocycles. The van der Waals surface area contributed by atoms with Crippen molar-refractivity contribution in [2.24, 2.45) is 11.8 Å². The van der Waals surface area contributed by atoms with Crippen LogP contribution in [0, 0.1) is 24.6 Å². The SMILES string of the molecule is CC[N+](C)(C)C(=O)NN1C[C@H](C(=O)c2cccc(O)c2)C(c2cccc(F)c2C)[C@@H](C(=O)c2cccc(O)c2)C1. The molecular formula is C31H35FN3O5+. The first-order valence-corrected chi connectivity index (χ1v) is 13.2. The second-order valence-electron chi connectivity index (χ2n) is 10.8. The van der Waals surface area contributed by atoms with E-state index < -0.39 is 23.6 Å². The summed E-state index contributed by atoms with van der Waals surface area (Å²) in [6.45, 7) is 4.14. The van der Waals surface area contributed by atoms with Crippen LogP contribution in [0.5, 0.6) is 11.5 Å². The predicted molar refractivity (Wildman–Crippen MR) is 148 cm³/mol. The van der Waals surface area contributed by atoms with Crippen LogP contribution in [-0.4, -0.2) is 71.0 Å². The number of quaternary nitrogens is 1. The molecule has 3 aromatic carbocycles.